The van der Waals surface area contributed by atoms with Crippen molar-refractivity contribution < 1.29 is 24.2 Å². The van der Waals surface area contributed by atoms with Crippen molar-refractivity contribution in [3.8, 4) is 28.1 Å². The first-order chi connectivity index (χ1) is 24.7. The van der Waals surface area contributed by atoms with Gasteiger partial charge in [-0.2, -0.15) is 0 Å². The number of amides is 2. The summed E-state index contributed by atoms with van der Waals surface area (Å²) < 4.78 is 12.1. The van der Waals surface area contributed by atoms with Crippen molar-refractivity contribution in [2.75, 3.05) is 0 Å². The van der Waals surface area contributed by atoms with Crippen LogP contribution in [0.4, 0.5) is 9.59 Å². The number of likely N-dealkylation sites (tertiary alicyclic amines) is 2. The third kappa shape index (κ3) is 6.68. The first kappa shape index (κ1) is 35.3. The number of nitrogens with zero attached hydrogens (tertiary/aromatic N) is 4. The number of imidazole rings is 2. The van der Waals surface area contributed by atoms with Gasteiger partial charge in [0.15, 0.2) is 0 Å². The predicted molar refractivity (Wildman–Crippen MR) is 202 cm³/mol. The lowest BCUT2D eigenvalue weighted by molar-refractivity contribution is 0.0152. The molecule has 2 aromatic heterocycles. The van der Waals surface area contributed by atoms with Crippen molar-refractivity contribution in [3.05, 3.63) is 71.8 Å². The first-order valence-electron chi connectivity index (χ1n) is 18.3. The van der Waals surface area contributed by atoms with Crippen LogP contribution in [0.5, 0.6) is 5.75 Å². The summed E-state index contributed by atoms with van der Waals surface area (Å²) in [5.41, 5.74) is 6.23. The van der Waals surface area contributed by atoms with Gasteiger partial charge in [-0.25, -0.2) is 19.6 Å². The van der Waals surface area contributed by atoms with Crippen molar-refractivity contribution in [3.63, 3.8) is 0 Å². The van der Waals surface area contributed by atoms with Crippen LogP contribution in [-0.2, 0) is 11.3 Å². The second-order valence-electron chi connectivity index (χ2n) is 16.0. The van der Waals surface area contributed by atoms with Gasteiger partial charge in [-0.05, 0) is 113 Å². The minimum absolute atomic E-state index is 0.0323. The van der Waals surface area contributed by atoms with Crippen molar-refractivity contribution in [2.45, 2.75) is 117 Å². The van der Waals surface area contributed by atoms with Crippen LogP contribution >= 0.6 is 0 Å². The Kier molecular flexibility index (Phi) is 9.17. The molecular formula is C41H49N6O5. The fraction of sp³-hybridized carbons (Fsp3) is 0.439. The highest BCUT2D eigenvalue weighted by Crippen LogP contribution is 2.44. The molecule has 11 heteroatoms. The molecule has 3 N–H and O–H groups in total. The summed E-state index contributed by atoms with van der Waals surface area (Å²) in [5, 5.41) is 11.8. The Morgan fingerprint density at radius 1 is 0.885 bits per heavy atom. The Hall–Kier alpha value is -5.06. The van der Waals surface area contributed by atoms with E-state index >= 15 is 0 Å². The van der Waals surface area contributed by atoms with Crippen molar-refractivity contribution >= 4 is 34.0 Å². The predicted octanol–water partition coefficient (Wildman–Crippen LogP) is 9.95. The molecule has 1 radical (unpaired) electrons. The molecule has 0 aliphatic carbocycles. The number of nitrogens with one attached hydrogen (secondary N) is 2. The van der Waals surface area contributed by atoms with E-state index < -0.39 is 11.7 Å². The summed E-state index contributed by atoms with van der Waals surface area (Å²) in [4.78, 5) is 44.9. The summed E-state index contributed by atoms with van der Waals surface area (Å²) in [7, 11) is 0. The molecule has 5 aromatic rings. The standard InChI is InChI=1S/C37H40N6O5.C4H9/c1-19-6-12-29(42(19)35(44)45)33-38-17-28(40-33)22-8-10-24-23(14-22)18-47-31-16-25-21(15-26(24)31)9-11-27-32(25)41-34(39-27)30-13-7-20(2)43(30)36(46)48-37(3,4)5;1-4(2)3/h8-11,14-17,19-20,29-30H,6-7,12-13,18H2,1-5H3,(H,38,40)(H,39,41)(H,44,45);1-3H3/t19?,20?,29-,30-;/m0./s1. The number of hydrogen-bond donors (Lipinski definition) is 3. The summed E-state index contributed by atoms with van der Waals surface area (Å²) in [5.74, 6) is 3.67. The van der Waals surface area contributed by atoms with E-state index in [1.165, 1.54) is 10.8 Å². The number of hydrogen-bond acceptors (Lipinski definition) is 6. The van der Waals surface area contributed by atoms with E-state index in [0.717, 1.165) is 87.0 Å². The van der Waals surface area contributed by atoms with Gasteiger partial charge in [-0.1, -0.05) is 39.0 Å². The van der Waals surface area contributed by atoms with E-state index in [9.17, 15) is 14.7 Å². The number of carboxylic acid groups (broad SMARTS) is 1. The molecule has 0 saturated carbocycles. The molecule has 8 rings (SSSR count). The van der Waals surface area contributed by atoms with Gasteiger partial charge in [0.25, 0.3) is 0 Å². The number of carbonyl (C=O) groups excluding carboxylic acids is 1. The van der Waals surface area contributed by atoms with Crippen LogP contribution in [0.2, 0.25) is 0 Å². The zero-order chi connectivity index (χ0) is 37.1. The van der Waals surface area contributed by atoms with Crippen LogP contribution in [0.3, 0.4) is 0 Å². The van der Waals surface area contributed by atoms with Gasteiger partial charge in [-0.3, -0.25) is 9.80 Å². The van der Waals surface area contributed by atoms with Crippen LogP contribution in [-0.4, -0.2) is 64.7 Å². The zero-order valence-electron chi connectivity index (χ0n) is 31.3. The van der Waals surface area contributed by atoms with Crippen LogP contribution in [0, 0.1) is 5.92 Å². The minimum Gasteiger partial charge on any atom is -0.488 e. The summed E-state index contributed by atoms with van der Waals surface area (Å²) in [6, 6.07) is 14.3. The maximum absolute atomic E-state index is 13.2. The molecule has 2 amide bonds. The van der Waals surface area contributed by atoms with Crippen LogP contribution in [0.1, 0.15) is 110 Å². The van der Waals surface area contributed by atoms with Gasteiger partial charge in [0.1, 0.15) is 29.6 Å². The molecule has 2 fully saturated rings. The molecule has 4 atom stereocenters. The Morgan fingerprint density at radius 3 is 2.27 bits per heavy atom. The Labute approximate surface area is 304 Å². The maximum Gasteiger partial charge on any atom is 0.411 e. The quantitative estimate of drug-likeness (QED) is 0.170. The Balaban J connectivity index is 0.00000100. The highest BCUT2D eigenvalue weighted by Gasteiger charge is 2.40. The maximum atomic E-state index is 13.2. The summed E-state index contributed by atoms with van der Waals surface area (Å²) in [6.45, 7) is 16.3. The van der Waals surface area contributed by atoms with E-state index in [2.05, 4.69) is 79.0 Å². The second-order valence-corrected chi connectivity index (χ2v) is 16.0. The molecule has 2 saturated heterocycles. The van der Waals surface area contributed by atoms with Crippen LogP contribution in [0.15, 0.2) is 48.7 Å². The number of aromatic nitrogens is 4. The van der Waals surface area contributed by atoms with Gasteiger partial charge < -0.3 is 24.5 Å². The average Bonchev–Trinajstić information content (AvgIpc) is 3.87. The smallest absolute Gasteiger partial charge is 0.411 e. The van der Waals surface area contributed by atoms with E-state index in [1.807, 2.05) is 38.7 Å². The molecule has 0 spiro atoms. The van der Waals surface area contributed by atoms with Crippen molar-refractivity contribution in [1.29, 1.82) is 0 Å². The Morgan fingerprint density at radius 2 is 1.58 bits per heavy atom. The molecule has 52 heavy (non-hydrogen) atoms. The highest BCUT2D eigenvalue weighted by atomic mass is 16.6. The number of rotatable bonds is 3. The molecule has 3 aliphatic heterocycles. The van der Waals surface area contributed by atoms with Gasteiger partial charge in [0.05, 0.1) is 35.0 Å². The van der Waals surface area contributed by atoms with E-state index in [-0.39, 0.29) is 30.3 Å². The fourth-order valence-corrected chi connectivity index (χ4v) is 7.74. The lowest BCUT2D eigenvalue weighted by atomic mass is 9.92. The van der Waals surface area contributed by atoms with Gasteiger partial charge in [0, 0.05) is 23.0 Å². The minimum atomic E-state index is -0.915. The zero-order valence-corrected chi connectivity index (χ0v) is 31.3. The second kappa shape index (κ2) is 13.5. The van der Waals surface area contributed by atoms with Gasteiger partial charge in [0.2, 0.25) is 0 Å². The summed E-state index contributed by atoms with van der Waals surface area (Å²) in [6.07, 6.45) is 3.82. The highest BCUT2D eigenvalue weighted by molar-refractivity contribution is 6.07. The number of fused-ring (bicyclic) bond motifs is 6. The monoisotopic (exact) mass is 705 g/mol. The van der Waals surface area contributed by atoms with E-state index in [1.54, 1.807) is 6.20 Å². The normalized spacial score (nSPS) is 21.2. The van der Waals surface area contributed by atoms with E-state index in [4.69, 9.17) is 14.5 Å². The molecular weight excluding hydrogens is 656 g/mol. The number of carbonyl (C=O) groups is 2. The number of ether oxygens (including phenoxy) is 2. The van der Waals surface area contributed by atoms with Gasteiger partial charge >= 0.3 is 12.2 Å². The van der Waals surface area contributed by atoms with Crippen LogP contribution in [0.25, 0.3) is 44.2 Å². The molecule has 11 nitrogen and oxygen atoms in total. The third-order valence-electron chi connectivity index (χ3n) is 10.1. The number of aromatic amines is 2. The van der Waals surface area contributed by atoms with Crippen molar-refractivity contribution in [1.82, 2.24) is 29.7 Å². The van der Waals surface area contributed by atoms with E-state index in [0.29, 0.717) is 12.4 Å². The SMILES string of the molecule is CC1CC[C@@H](c2ncc(-c3ccc4c(c3)COc3cc5c(ccc6nc([C@@H]7CCC(C)N7C(=O)OC(C)(C)C)[nH]c65)cc3-4)[nH]2)N1C(=O)O.C[C](C)C. The summed E-state index contributed by atoms with van der Waals surface area (Å²) >= 11 is 0. The Bertz CT molecular complexity index is 2140. The molecule has 3 aliphatic rings. The van der Waals surface area contributed by atoms with Gasteiger partial charge in [-0.15, -0.1) is 0 Å². The molecule has 273 valence electrons. The molecule has 5 heterocycles. The first-order valence-corrected chi connectivity index (χ1v) is 18.3. The number of H-pyrrole nitrogens is 2. The lowest BCUT2D eigenvalue weighted by Gasteiger charge is -2.30. The van der Waals surface area contributed by atoms with Crippen molar-refractivity contribution in [2.24, 2.45) is 0 Å². The molecule has 2 unspecified atom stereocenters. The molecule has 0 bridgehead atoms. The largest absolute Gasteiger partial charge is 0.488 e. The fourth-order valence-electron chi connectivity index (χ4n) is 7.74. The lowest BCUT2D eigenvalue weighted by Crippen LogP contribution is -2.40. The molecule has 3 aromatic carbocycles. The average molecular weight is 706 g/mol. The topological polar surface area (TPSA) is 137 Å². The third-order valence-corrected chi connectivity index (χ3v) is 10.1. The number of benzene rings is 3. The van der Waals surface area contributed by atoms with Crippen LogP contribution < -0.4 is 4.74 Å².